The van der Waals surface area contributed by atoms with Crippen molar-refractivity contribution < 1.29 is 28.6 Å². The molecule has 0 spiro atoms. The Morgan fingerprint density at radius 3 is 1.65 bits per heavy atom. The second-order valence-corrected chi connectivity index (χ2v) is 20.4. The monoisotopic (exact) mass is 900 g/mol. The molecule has 7 rings (SSSR count). The van der Waals surface area contributed by atoms with Crippen molar-refractivity contribution in [1.82, 2.24) is 0 Å². The maximum absolute atomic E-state index is 13.8. The minimum atomic E-state index is -0.666. The molecule has 2 unspecified atom stereocenters. The van der Waals surface area contributed by atoms with Crippen molar-refractivity contribution in [1.29, 1.82) is 0 Å². The molecule has 1 aliphatic rings. The fourth-order valence-corrected chi connectivity index (χ4v) is 9.64. The highest BCUT2D eigenvalue weighted by Gasteiger charge is 2.42. The van der Waals surface area contributed by atoms with Crippen molar-refractivity contribution in [2.45, 2.75) is 116 Å². The molecule has 0 heterocycles. The number of nitrogens with zero attached hydrogens (tertiary/aromatic N) is 1. The van der Waals surface area contributed by atoms with Gasteiger partial charge in [0.1, 0.15) is 33.3 Å². The van der Waals surface area contributed by atoms with Gasteiger partial charge in [-0.15, -0.1) is 0 Å². The molecular weight excluding hydrogens is 839 g/mol. The van der Waals surface area contributed by atoms with E-state index in [9.17, 15) is 19.3 Å². The Hall–Kier alpha value is -6.12. The number of hydrogen-bond acceptors (Lipinski definition) is 7. The molecule has 0 bridgehead atoms. The number of hydrogen-bond donors (Lipinski definition) is 0. The van der Waals surface area contributed by atoms with Crippen LogP contribution in [0.3, 0.4) is 0 Å². The average molecular weight is 901 g/mol. The summed E-state index contributed by atoms with van der Waals surface area (Å²) in [6.07, 6.45) is 3.20. The summed E-state index contributed by atoms with van der Waals surface area (Å²) >= 11 is 1.61. The smallest absolute Gasteiger partial charge is 0.457 e. The molecule has 0 radical (unpaired) electrons. The summed E-state index contributed by atoms with van der Waals surface area (Å²) in [5.41, 5.74) is 5.28. The number of amides is 1. The summed E-state index contributed by atoms with van der Waals surface area (Å²) < 4.78 is 12.9. The van der Waals surface area contributed by atoms with E-state index >= 15 is 0 Å². The van der Waals surface area contributed by atoms with Crippen LogP contribution in [0.4, 0.5) is 5.69 Å². The Kier molecular flexibility index (Phi) is 14.0. The summed E-state index contributed by atoms with van der Waals surface area (Å²) in [4.78, 5) is 56.1. The number of ether oxygens (including phenoxy) is 2. The lowest BCUT2D eigenvalue weighted by Gasteiger charge is -2.39. The normalized spacial score (nSPS) is 14.7. The maximum Gasteiger partial charge on any atom is 0.472 e. The van der Waals surface area contributed by atoms with Gasteiger partial charge in [-0.3, -0.25) is 9.59 Å². The maximum atomic E-state index is 13.8. The Bertz CT molecular complexity index is 2750. The van der Waals surface area contributed by atoms with E-state index in [-0.39, 0.29) is 57.3 Å². The quantitative estimate of drug-likeness (QED) is 0.0894. The first-order valence-corrected chi connectivity index (χ1v) is 24.0. The van der Waals surface area contributed by atoms with Crippen LogP contribution in [0.15, 0.2) is 143 Å². The molecular formula is C58H62NO6S+. The molecule has 8 heteroatoms. The number of rotatable bonds is 16. The average Bonchev–Trinajstić information content (AvgIpc) is 3.33. The van der Waals surface area contributed by atoms with Crippen LogP contribution in [-0.2, 0) is 10.8 Å². The third kappa shape index (κ3) is 9.99. The number of carbonyl (C=O) groups is 3. The van der Waals surface area contributed by atoms with Crippen molar-refractivity contribution in [3.8, 4) is 23.0 Å². The molecule has 0 aromatic heterocycles. The minimum Gasteiger partial charge on any atom is -0.457 e. The standard InChI is InChI=1S/C58H62NO6S/c1-11-56(6,7)39-19-29-47(30-20-39)66-48-31-21-42(22-32-48)59(63)55(62)50-34-45(23-14-37(50)4)64-43-24-15-40(16-25-43)57(8,9)41-17-26-44(27-18-41)65-46-28-33-49-52(35-46)54(61)51(36-53(49)60)38(5)58(10,12-2)13-3/h14-35,38,51H,11-13,36H2,1-10H3/q+1. The summed E-state index contributed by atoms with van der Waals surface area (Å²) in [5.74, 6) is 1.28. The topological polar surface area (TPSA) is 89.8 Å². The van der Waals surface area contributed by atoms with Crippen LogP contribution >= 0.6 is 11.8 Å². The zero-order valence-corrected chi connectivity index (χ0v) is 40.8. The van der Waals surface area contributed by atoms with Crippen LogP contribution in [0.2, 0.25) is 0 Å². The third-order valence-electron chi connectivity index (χ3n) is 14.7. The second-order valence-electron chi connectivity index (χ2n) is 19.3. The second kappa shape index (κ2) is 19.4. The molecule has 0 N–H and O–H groups in total. The van der Waals surface area contributed by atoms with Gasteiger partial charge in [-0.1, -0.05) is 129 Å². The first-order valence-electron chi connectivity index (χ1n) is 23.2. The van der Waals surface area contributed by atoms with E-state index < -0.39 is 5.91 Å². The lowest BCUT2D eigenvalue weighted by Crippen LogP contribution is -2.38. The number of ketones is 2. The largest absolute Gasteiger partial charge is 0.472 e. The fraction of sp³-hybridized carbons (Fsp3) is 0.328. The van der Waals surface area contributed by atoms with Crippen molar-refractivity contribution in [2.24, 2.45) is 17.3 Å². The lowest BCUT2D eigenvalue weighted by atomic mass is 9.63. The van der Waals surface area contributed by atoms with E-state index in [1.165, 1.54) is 5.56 Å². The minimum absolute atomic E-state index is 0.0130. The predicted octanol–water partition coefficient (Wildman–Crippen LogP) is 15.8. The van der Waals surface area contributed by atoms with E-state index in [0.29, 0.717) is 44.4 Å². The van der Waals surface area contributed by atoms with Gasteiger partial charge in [0.15, 0.2) is 11.6 Å². The van der Waals surface area contributed by atoms with E-state index in [1.54, 1.807) is 67.2 Å². The Morgan fingerprint density at radius 1 is 0.636 bits per heavy atom. The van der Waals surface area contributed by atoms with E-state index in [1.807, 2.05) is 60.7 Å². The highest BCUT2D eigenvalue weighted by atomic mass is 32.2. The van der Waals surface area contributed by atoms with Crippen LogP contribution in [0, 0.1) is 29.1 Å². The van der Waals surface area contributed by atoms with Gasteiger partial charge in [0.2, 0.25) is 0 Å². The molecule has 7 nitrogen and oxygen atoms in total. The Balaban J connectivity index is 0.976. The van der Waals surface area contributed by atoms with Gasteiger partial charge in [0.05, 0.1) is 0 Å². The van der Waals surface area contributed by atoms with Crippen molar-refractivity contribution >= 4 is 34.9 Å². The summed E-state index contributed by atoms with van der Waals surface area (Å²) in [6.45, 7) is 21.4. The van der Waals surface area contributed by atoms with Gasteiger partial charge in [0.25, 0.3) is 5.69 Å². The molecule has 340 valence electrons. The molecule has 1 amide bonds. The van der Waals surface area contributed by atoms with Crippen molar-refractivity contribution in [3.05, 3.63) is 177 Å². The molecule has 0 saturated heterocycles. The molecule has 66 heavy (non-hydrogen) atoms. The number of nitroso groups, excluding NO2 is 1. The SMILES string of the molecule is CCC(C)(C)c1ccc(Sc2ccc([N+](=O)C(=O)c3cc(Oc4ccc(C(C)(C)c5ccc(Oc6ccc7c(c6)C(=O)C(C(C)C(C)(CC)CC)CC7=O)cc5)cc4)ccc3C)cc2)cc1. The number of Topliss-reactive ketones (excluding diaryl/α,β-unsaturated/α-hetero) is 2. The summed E-state index contributed by atoms with van der Waals surface area (Å²) in [5, 5.41) is 0. The lowest BCUT2D eigenvalue weighted by molar-refractivity contribution is -0.358. The van der Waals surface area contributed by atoms with Crippen LogP contribution in [0.25, 0.3) is 0 Å². The molecule has 0 saturated carbocycles. The van der Waals surface area contributed by atoms with Crippen molar-refractivity contribution in [2.75, 3.05) is 0 Å². The molecule has 2 atom stereocenters. The number of benzene rings is 6. The highest BCUT2D eigenvalue weighted by Crippen LogP contribution is 2.44. The molecule has 0 fully saturated rings. The molecule has 1 aliphatic carbocycles. The molecule has 6 aromatic carbocycles. The van der Waals surface area contributed by atoms with Gasteiger partial charge in [-0.2, -0.15) is 0 Å². The summed E-state index contributed by atoms with van der Waals surface area (Å²) in [6, 6.07) is 41.8. The van der Waals surface area contributed by atoms with Crippen molar-refractivity contribution in [3.63, 3.8) is 0 Å². The van der Waals surface area contributed by atoms with Gasteiger partial charge >= 0.3 is 5.91 Å². The number of fused-ring (bicyclic) bond motifs is 1. The third-order valence-corrected chi connectivity index (χ3v) is 15.7. The molecule has 0 aliphatic heterocycles. The first-order chi connectivity index (χ1) is 31.4. The van der Waals surface area contributed by atoms with Crippen LogP contribution in [-0.4, -0.2) is 22.2 Å². The fourth-order valence-electron chi connectivity index (χ4n) is 8.82. The van der Waals surface area contributed by atoms with Gasteiger partial charge in [0, 0.05) is 55.7 Å². The van der Waals surface area contributed by atoms with E-state index in [4.69, 9.17) is 9.47 Å². The van der Waals surface area contributed by atoms with Crippen LogP contribution < -0.4 is 9.47 Å². The van der Waals surface area contributed by atoms with Gasteiger partial charge < -0.3 is 9.47 Å². The van der Waals surface area contributed by atoms with Crippen LogP contribution in [0.1, 0.15) is 141 Å². The zero-order chi connectivity index (χ0) is 47.6. The zero-order valence-electron chi connectivity index (χ0n) is 40.0. The number of carbonyl (C=O) groups excluding carboxylic acids is 3. The van der Waals surface area contributed by atoms with E-state index in [0.717, 1.165) is 40.2 Å². The molecule has 6 aromatic rings. The first kappa shape index (κ1) is 47.8. The Labute approximate surface area is 394 Å². The van der Waals surface area contributed by atoms with E-state index in [2.05, 4.69) is 86.6 Å². The number of aryl methyl sites for hydroxylation is 1. The summed E-state index contributed by atoms with van der Waals surface area (Å²) in [7, 11) is 0. The van der Waals surface area contributed by atoms with Gasteiger partial charge in [-0.05, 0) is 131 Å². The Morgan fingerprint density at radius 2 is 1.12 bits per heavy atom. The predicted molar refractivity (Wildman–Crippen MR) is 265 cm³/mol. The highest BCUT2D eigenvalue weighted by molar-refractivity contribution is 7.99. The van der Waals surface area contributed by atoms with Gasteiger partial charge in [-0.25, -0.2) is 4.79 Å². The van der Waals surface area contributed by atoms with Crippen LogP contribution in [0.5, 0.6) is 23.0 Å².